The van der Waals surface area contributed by atoms with Crippen LogP contribution in [0.3, 0.4) is 0 Å². The van der Waals surface area contributed by atoms with Gasteiger partial charge in [-0.2, -0.15) is 5.10 Å². The number of Topliss-reactive ketones (excluding diaryl/α,β-unsaturated/α-hetero) is 1. The molecule has 3 nitrogen and oxygen atoms in total. The van der Waals surface area contributed by atoms with E-state index in [9.17, 15) is 13.6 Å². The Kier molecular flexibility index (Phi) is 4.04. The highest BCUT2D eigenvalue weighted by Crippen LogP contribution is 2.10. The second-order valence-corrected chi connectivity index (χ2v) is 4.37. The van der Waals surface area contributed by atoms with Gasteiger partial charge in [-0.3, -0.25) is 9.48 Å². The first-order chi connectivity index (χ1) is 9.06. The molecule has 100 valence electrons. The summed E-state index contributed by atoms with van der Waals surface area (Å²) in [6.07, 6.45) is 3.67. The van der Waals surface area contributed by atoms with Gasteiger partial charge in [-0.25, -0.2) is 8.78 Å². The first-order valence-corrected chi connectivity index (χ1v) is 6.05. The summed E-state index contributed by atoms with van der Waals surface area (Å²) >= 11 is 0. The Morgan fingerprint density at radius 2 is 1.79 bits per heavy atom. The van der Waals surface area contributed by atoms with Gasteiger partial charge in [0.2, 0.25) is 0 Å². The quantitative estimate of drug-likeness (QED) is 0.831. The highest BCUT2D eigenvalue weighted by Gasteiger charge is 2.09. The molecule has 0 atom stereocenters. The van der Waals surface area contributed by atoms with Gasteiger partial charge < -0.3 is 0 Å². The first kappa shape index (κ1) is 13.4. The molecule has 0 saturated carbocycles. The Morgan fingerprint density at radius 3 is 2.37 bits per heavy atom. The Morgan fingerprint density at radius 1 is 1.16 bits per heavy atom. The monoisotopic (exact) mass is 264 g/mol. The maximum absolute atomic E-state index is 13.0. The van der Waals surface area contributed by atoms with Gasteiger partial charge in [-0.05, 0) is 30.2 Å². The van der Waals surface area contributed by atoms with E-state index in [2.05, 4.69) is 5.10 Å². The van der Waals surface area contributed by atoms with Crippen molar-refractivity contribution in [2.24, 2.45) is 0 Å². The van der Waals surface area contributed by atoms with E-state index in [-0.39, 0.29) is 18.6 Å². The van der Waals surface area contributed by atoms with Crippen molar-refractivity contribution >= 4 is 5.78 Å². The van der Waals surface area contributed by atoms with E-state index in [4.69, 9.17) is 0 Å². The normalized spacial score (nSPS) is 10.7. The van der Waals surface area contributed by atoms with Crippen LogP contribution in [-0.2, 0) is 24.2 Å². The fraction of sp³-hybridized carbons (Fsp3) is 0.286. The molecule has 1 heterocycles. The zero-order valence-corrected chi connectivity index (χ0v) is 10.6. The number of nitrogens with zero attached hydrogens (tertiary/aromatic N) is 2. The van der Waals surface area contributed by atoms with Gasteiger partial charge >= 0.3 is 0 Å². The second kappa shape index (κ2) is 5.73. The lowest BCUT2D eigenvalue weighted by atomic mass is 10.0. The number of carbonyl (C=O) groups is 1. The van der Waals surface area contributed by atoms with Crippen molar-refractivity contribution in [1.82, 2.24) is 9.78 Å². The van der Waals surface area contributed by atoms with Gasteiger partial charge in [0.25, 0.3) is 0 Å². The lowest BCUT2D eigenvalue weighted by molar-refractivity contribution is -0.117. The van der Waals surface area contributed by atoms with Crippen molar-refractivity contribution < 1.29 is 13.6 Å². The molecule has 0 bridgehead atoms. The lowest BCUT2D eigenvalue weighted by Crippen LogP contribution is -2.06. The van der Waals surface area contributed by atoms with Crippen LogP contribution >= 0.6 is 0 Å². The Labute approximate surface area is 109 Å². The number of ketones is 1. The standard InChI is InChI=1S/C14H14F2N2O/c1-2-18-9-11(8-17-18)6-14(19)5-10-3-12(15)7-13(16)4-10/h3-4,7-9H,2,5-6H2,1H3. The molecule has 0 radical (unpaired) electrons. The highest BCUT2D eigenvalue weighted by atomic mass is 19.1. The molecule has 0 spiro atoms. The third-order valence-electron chi connectivity index (χ3n) is 2.74. The molecule has 0 unspecified atom stereocenters. The van der Waals surface area contributed by atoms with E-state index >= 15 is 0 Å². The average molecular weight is 264 g/mol. The van der Waals surface area contributed by atoms with Crippen LogP contribution in [0.4, 0.5) is 8.78 Å². The molecular weight excluding hydrogens is 250 g/mol. The Hall–Kier alpha value is -2.04. The number of hydrogen-bond acceptors (Lipinski definition) is 2. The summed E-state index contributed by atoms with van der Waals surface area (Å²) in [5.41, 5.74) is 1.16. The molecule has 0 saturated heterocycles. The molecule has 19 heavy (non-hydrogen) atoms. The number of halogens is 2. The van der Waals surface area contributed by atoms with E-state index in [1.165, 1.54) is 12.1 Å². The minimum absolute atomic E-state index is 0.0198. The predicted molar refractivity (Wildman–Crippen MR) is 66.7 cm³/mol. The van der Waals surface area contributed by atoms with Gasteiger partial charge in [0.15, 0.2) is 0 Å². The van der Waals surface area contributed by atoms with Crippen LogP contribution in [-0.4, -0.2) is 15.6 Å². The van der Waals surface area contributed by atoms with Crippen LogP contribution in [0.2, 0.25) is 0 Å². The molecule has 2 aromatic rings. The van der Waals surface area contributed by atoms with Crippen LogP contribution in [0.1, 0.15) is 18.1 Å². The molecule has 2 rings (SSSR count). The predicted octanol–water partition coefficient (Wildman–Crippen LogP) is 2.54. The molecule has 1 aromatic heterocycles. The van der Waals surface area contributed by atoms with Crippen molar-refractivity contribution in [3.8, 4) is 0 Å². The molecule has 0 fully saturated rings. The summed E-state index contributed by atoms with van der Waals surface area (Å²) in [6.45, 7) is 2.69. The topological polar surface area (TPSA) is 34.9 Å². The maximum atomic E-state index is 13.0. The zero-order valence-electron chi connectivity index (χ0n) is 10.6. The smallest absolute Gasteiger partial charge is 0.141 e. The number of aryl methyl sites for hydroxylation is 1. The van der Waals surface area contributed by atoms with Crippen molar-refractivity contribution in [2.75, 3.05) is 0 Å². The Bertz CT molecular complexity index is 573. The van der Waals surface area contributed by atoms with E-state index in [1.54, 1.807) is 17.1 Å². The van der Waals surface area contributed by atoms with Crippen molar-refractivity contribution in [3.05, 3.63) is 53.4 Å². The molecule has 5 heteroatoms. The minimum Gasteiger partial charge on any atom is -0.299 e. The summed E-state index contributed by atoms with van der Waals surface area (Å²) in [5, 5.41) is 4.07. The number of carbonyl (C=O) groups excluding carboxylic acids is 1. The highest BCUT2D eigenvalue weighted by molar-refractivity contribution is 5.82. The average Bonchev–Trinajstić information content (AvgIpc) is 2.74. The molecular formula is C14H14F2N2O. The molecule has 0 N–H and O–H groups in total. The van der Waals surface area contributed by atoms with Gasteiger partial charge in [0, 0.05) is 31.6 Å². The SMILES string of the molecule is CCn1cc(CC(=O)Cc2cc(F)cc(F)c2)cn1. The fourth-order valence-corrected chi connectivity index (χ4v) is 1.90. The largest absolute Gasteiger partial charge is 0.299 e. The van der Waals surface area contributed by atoms with Gasteiger partial charge in [0.1, 0.15) is 17.4 Å². The van der Waals surface area contributed by atoms with Crippen molar-refractivity contribution in [3.63, 3.8) is 0 Å². The number of aromatic nitrogens is 2. The molecule has 0 aliphatic heterocycles. The van der Waals surface area contributed by atoms with E-state index < -0.39 is 11.6 Å². The van der Waals surface area contributed by atoms with E-state index in [1.807, 2.05) is 6.92 Å². The summed E-state index contributed by atoms with van der Waals surface area (Å²) < 4.78 is 27.7. The van der Waals surface area contributed by atoms with Crippen molar-refractivity contribution in [1.29, 1.82) is 0 Å². The van der Waals surface area contributed by atoms with Crippen LogP contribution in [0, 0.1) is 11.6 Å². The van der Waals surface area contributed by atoms with Crippen LogP contribution in [0.5, 0.6) is 0 Å². The Balaban J connectivity index is 2.00. The molecule has 0 aliphatic carbocycles. The fourth-order valence-electron chi connectivity index (χ4n) is 1.90. The summed E-state index contributed by atoms with van der Waals surface area (Å²) in [7, 11) is 0. The van der Waals surface area contributed by atoms with E-state index in [0.717, 1.165) is 18.2 Å². The van der Waals surface area contributed by atoms with E-state index in [0.29, 0.717) is 5.56 Å². The molecule has 0 aliphatic rings. The van der Waals surface area contributed by atoms with Crippen molar-refractivity contribution in [2.45, 2.75) is 26.3 Å². The number of benzene rings is 1. The van der Waals surface area contributed by atoms with Crippen LogP contribution in [0.25, 0.3) is 0 Å². The minimum atomic E-state index is -0.665. The van der Waals surface area contributed by atoms with Gasteiger partial charge in [0.05, 0.1) is 6.20 Å². The summed E-state index contributed by atoms with van der Waals surface area (Å²) in [6, 6.07) is 3.14. The number of rotatable bonds is 5. The van der Waals surface area contributed by atoms with Crippen LogP contribution in [0.15, 0.2) is 30.6 Å². The van der Waals surface area contributed by atoms with Crippen LogP contribution < -0.4 is 0 Å². The zero-order chi connectivity index (χ0) is 13.8. The summed E-state index contributed by atoms with van der Waals surface area (Å²) in [5.74, 6) is -1.43. The number of hydrogen-bond donors (Lipinski definition) is 0. The lowest BCUT2D eigenvalue weighted by Gasteiger charge is -2.01. The van der Waals surface area contributed by atoms with Gasteiger partial charge in [-0.15, -0.1) is 0 Å². The third kappa shape index (κ3) is 3.71. The van der Waals surface area contributed by atoms with Gasteiger partial charge in [-0.1, -0.05) is 0 Å². The molecule has 1 aromatic carbocycles. The summed E-state index contributed by atoms with van der Waals surface area (Å²) in [4.78, 5) is 11.8. The third-order valence-corrected chi connectivity index (χ3v) is 2.74. The molecule has 0 amide bonds. The second-order valence-electron chi connectivity index (χ2n) is 4.37. The first-order valence-electron chi connectivity index (χ1n) is 6.05. The maximum Gasteiger partial charge on any atom is 0.141 e.